The van der Waals surface area contributed by atoms with Crippen LogP contribution in [-0.4, -0.2) is 46.7 Å². The van der Waals surface area contributed by atoms with Gasteiger partial charge in [-0.15, -0.1) is 0 Å². The van der Waals surface area contributed by atoms with E-state index in [-0.39, 0.29) is 11.9 Å². The zero-order valence-electron chi connectivity index (χ0n) is 22.5. The highest BCUT2D eigenvalue weighted by atomic mass is 32.1. The summed E-state index contributed by atoms with van der Waals surface area (Å²) in [5.41, 5.74) is 5.53. The summed E-state index contributed by atoms with van der Waals surface area (Å²) >= 11 is 5.62. The van der Waals surface area contributed by atoms with Crippen molar-refractivity contribution >= 4 is 41.0 Å². The quantitative estimate of drug-likeness (QED) is 0.145. The molecule has 7 nitrogen and oxygen atoms in total. The van der Waals surface area contributed by atoms with Gasteiger partial charge in [-0.25, -0.2) is 4.79 Å². The fourth-order valence-corrected chi connectivity index (χ4v) is 4.75. The third kappa shape index (κ3) is 5.36. The minimum Gasteiger partial charge on any atom is -0.494 e. The van der Waals surface area contributed by atoms with Crippen LogP contribution in [0.5, 0.6) is 5.75 Å². The van der Waals surface area contributed by atoms with E-state index in [0.717, 1.165) is 41.2 Å². The lowest BCUT2D eigenvalue weighted by molar-refractivity contribution is -0.114. The summed E-state index contributed by atoms with van der Waals surface area (Å²) in [5, 5.41) is 0.417. The zero-order chi connectivity index (χ0) is 27.4. The predicted molar refractivity (Wildman–Crippen MR) is 154 cm³/mol. The molecule has 0 aliphatic carbocycles. The maximum atomic E-state index is 13.5. The Bertz CT molecular complexity index is 1370. The van der Waals surface area contributed by atoms with E-state index in [1.165, 1.54) is 4.90 Å². The number of rotatable bonds is 9. The fraction of sp³-hybridized carbons (Fsp3) is 0.300. The molecule has 198 valence electrons. The molecular formula is C30H33N3O4S. The second-order valence-corrected chi connectivity index (χ2v) is 9.50. The number of hydrogen-bond donors (Lipinski definition) is 0. The second kappa shape index (κ2) is 11.6. The summed E-state index contributed by atoms with van der Waals surface area (Å²) < 4.78 is 12.9. The molecule has 1 fully saturated rings. The van der Waals surface area contributed by atoms with E-state index in [4.69, 9.17) is 21.7 Å². The number of likely N-dealkylation sites (N-methyl/N-ethyl adjacent to an activating group) is 1. The van der Waals surface area contributed by atoms with Crippen LogP contribution in [-0.2, 0) is 9.53 Å². The number of nitrogens with zero attached hydrogens (tertiary/aromatic N) is 3. The minimum atomic E-state index is -0.313. The lowest BCUT2D eigenvalue weighted by Gasteiger charge is -2.16. The molecule has 0 spiro atoms. The van der Waals surface area contributed by atoms with Crippen molar-refractivity contribution in [1.29, 1.82) is 0 Å². The smallest absolute Gasteiger partial charge is 0.338 e. The summed E-state index contributed by atoms with van der Waals surface area (Å²) in [7, 11) is 1.80. The van der Waals surface area contributed by atoms with Gasteiger partial charge in [0, 0.05) is 24.1 Å². The number of unbranched alkanes of at least 4 members (excludes halogenated alkanes) is 1. The molecule has 8 heteroatoms. The Hall–Kier alpha value is -3.91. The average molecular weight is 532 g/mol. The Morgan fingerprint density at radius 1 is 1.00 bits per heavy atom. The van der Waals surface area contributed by atoms with Gasteiger partial charge in [0.2, 0.25) is 0 Å². The van der Waals surface area contributed by atoms with Crippen molar-refractivity contribution < 1.29 is 19.1 Å². The minimum absolute atomic E-state index is 0.183. The summed E-state index contributed by atoms with van der Waals surface area (Å²) in [6.45, 7) is 9.01. The molecule has 1 aliphatic rings. The number of hydrogen-bond acceptors (Lipinski definition) is 5. The van der Waals surface area contributed by atoms with Crippen molar-refractivity contribution in [2.24, 2.45) is 0 Å². The monoisotopic (exact) mass is 531 g/mol. The molecule has 0 N–H and O–H groups in total. The van der Waals surface area contributed by atoms with E-state index in [1.54, 1.807) is 24.1 Å². The second-order valence-electron chi connectivity index (χ2n) is 9.14. The first-order valence-corrected chi connectivity index (χ1v) is 13.2. The third-order valence-corrected chi connectivity index (χ3v) is 6.98. The maximum Gasteiger partial charge on any atom is 0.338 e. The van der Waals surface area contributed by atoms with Gasteiger partial charge in [-0.05, 0) is 106 Å². The molecule has 0 bridgehead atoms. The summed E-state index contributed by atoms with van der Waals surface area (Å²) in [4.78, 5) is 29.0. The third-order valence-electron chi connectivity index (χ3n) is 6.52. The van der Waals surface area contributed by atoms with Gasteiger partial charge in [0.1, 0.15) is 11.4 Å². The molecule has 0 saturated carbocycles. The predicted octanol–water partition coefficient (Wildman–Crippen LogP) is 6.05. The van der Waals surface area contributed by atoms with E-state index in [9.17, 15) is 9.59 Å². The molecular weight excluding hydrogens is 498 g/mol. The zero-order valence-corrected chi connectivity index (χ0v) is 23.3. The van der Waals surface area contributed by atoms with E-state index in [2.05, 4.69) is 11.5 Å². The van der Waals surface area contributed by atoms with Crippen LogP contribution in [0, 0.1) is 13.8 Å². The Morgan fingerprint density at radius 2 is 1.66 bits per heavy atom. The standard InChI is InChI=1S/C30H33N3O4S/c1-6-8-17-37-29(35)22-9-11-24(12-10-22)32-20(3)18-23(21(32)4)19-27-28(34)33(30(38)31(27)5)25-13-15-26(16-14-25)36-7-2/h9-16,18-19H,6-8,17H2,1-5H3/b27-19-. The molecule has 1 aromatic heterocycles. The van der Waals surface area contributed by atoms with Crippen LogP contribution in [0.25, 0.3) is 11.8 Å². The number of anilines is 1. The van der Waals surface area contributed by atoms with Gasteiger partial charge in [-0.3, -0.25) is 9.69 Å². The molecule has 1 amide bonds. The van der Waals surface area contributed by atoms with Crippen molar-refractivity contribution in [3.8, 4) is 11.4 Å². The molecule has 0 atom stereocenters. The van der Waals surface area contributed by atoms with E-state index in [1.807, 2.05) is 69.3 Å². The van der Waals surface area contributed by atoms with E-state index >= 15 is 0 Å². The SMILES string of the molecule is CCCCOC(=O)c1ccc(-n2c(C)cc(/C=C3/C(=O)N(c4ccc(OCC)cc4)C(=S)N3C)c2C)cc1. The van der Waals surface area contributed by atoms with Crippen molar-refractivity contribution in [2.75, 3.05) is 25.2 Å². The van der Waals surface area contributed by atoms with Gasteiger partial charge in [-0.2, -0.15) is 0 Å². The van der Waals surface area contributed by atoms with Crippen LogP contribution >= 0.6 is 12.2 Å². The molecule has 0 radical (unpaired) electrons. The number of esters is 1. The molecule has 2 heterocycles. The summed E-state index contributed by atoms with van der Waals surface area (Å²) in [6, 6.07) is 16.7. The van der Waals surface area contributed by atoms with Crippen molar-refractivity contribution in [1.82, 2.24) is 9.47 Å². The largest absolute Gasteiger partial charge is 0.494 e. The Kier molecular flexibility index (Phi) is 8.32. The highest BCUT2D eigenvalue weighted by molar-refractivity contribution is 7.80. The lowest BCUT2D eigenvalue weighted by atomic mass is 10.2. The van der Waals surface area contributed by atoms with Gasteiger partial charge in [0.25, 0.3) is 5.91 Å². The van der Waals surface area contributed by atoms with Crippen molar-refractivity contribution in [3.05, 3.63) is 82.8 Å². The molecule has 38 heavy (non-hydrogen) atoms. The van der Waals surface area contributed by atoms with Crippen LogP contribution in [0.3, 0.4) is 0 Å². The normalized spacial score (nSPS) is 14.5. The van der Waals surface area contributed by atoms with Gasteiger partial charge in [0.05, 0.1) is 24.5 Å². The first-order valence-electron chi connectivity index (χ1n) is 12.8. The van der Waals surface area contributed by atoms with Crippen molar-refractivity contribution in [3.63, 3.8) is 0 Å². The summed E-state index contributed by atoms with van der Waals surface area (Å²) in [5.74, 6) is 0.247. The number of benzene rings is 2. The molecule has 1 aliphatic heterocycles. The number of thiocarbonyl (C=S) groups is 1. The maximum absolute atomic E-state index is 13.5. The first-order chi connectivity index (χ1) is 18.3. The van der Waals surface area contributed by atoms with Crippen molar-refractivity contribution in [2.45, 2.75) is 40.5 Å². The number of ether oxygens (including phenoxy) is 2. The number of amides is 1. The highest BCUT2D eigenvalue weighted by Crippen LogP contribution is 2.31. The van der Waals surface area contributed by atoms with Crippen LogP contribution in [0.15, 0.2) is 60.3 Å². The number of aryl methyl sites for hydroxylation is 1. The van der Waals surface area contributed by atoms with Crippen LogP contribution < -0.4 is 9.64 Å². The number of carbonyl (C=O) groups is 2. The molecule has 2 aromatic carbocycles. The Labute approximate surface area is 229 Å². The lowest BCUT2D eigenvalue weighted by Crippen LogP contribution is -2.31. The van der Waals surface area contributed by atoms with Gasteiger partial charge in [-0.1, -0.05) is 13.3 Å². The first kappa shape index (κ1) is 27.1. The van der Waals surface area contributed by atoms with E-state index in [0.29, 0.717) is 35.3 Å². The Morgan fingerprint density at radius 3 is 2.29 bits per heavy atom. The molecule has 0 unspecified atom stereocenters. The highest BCUT2D eigenvalue weighted by Gasteiger charge is 2.37. The molecule has 4 rings (SSSR count). The van der Waals surface area contributed by atoms with Crippen LogP contribution in [0.2, 0.25) is 0 Å². The average Bonchev–Trinajstić information content (AvgIpc) is 3.31. The summed E-state index contributed by atoms with van der Waals surface area (Å²) in [6.07, 6.45) is 3.70. The molecule has 1 saturated heterocycles. The fourth-order valence-electron chi connectivity index (χ4n) is 4.46. The topological polar surface area (TPSA) is 64.0 Å². The van der Waals surface area contributed by atoms with Crippen LogP contribution in [0.1, 0.15) is 54.0 Å². The molecule has 3 aromatic rings. The van der Waals surface area contributed by atoms with Gasteiger partial charge >= 0.3 is 5.97 Å². The van der Waals surface area contributed by atoms with Gasteiger partial charge in [0.15, 0.2) is 5.11 Å². The van der Waals surface area contributed by atoms with E-state index < -0.39 is 0 Å². The number of carbonyl (C=O) groups excluding carboxylic acids is 2. The Balaban J connectivity index is 1.59. The van der Waals surface area contributed by atoms with Crippen LogP contribution in [0.4, 0.5) is 5.69 Å². The number of aromatic nitrogens is 1. The van der Waals surface area contributed by atoms with Gasteiger partial charge < -0.3 is 18.9 Å².